The minimum atomic E-state index is -0.536. The van der Waals surface area contributed by atoms with E-state index >= 15 is 0 Å². The van der Waals surface area contributed by atoms with Gasteiger partial charge in [0.1, 0.15) is 5.69 Å². The monoisotopic (exact) mass is 308 g/mol. The summed E-state index contributed by atoms with van der Waals surface area (Å²) >= 11 is 1.39. The Labute approximate surface area is 126 Å². The molecule has 0 N–H and O–H groups in total. The van der Waals surface area contributed by atoms with E-state index in [1.807, 2.05) is 25.3 Å². The van der Waals surface area contributed by atoms with Crippen LogP contribution in [0.25, 0.3) is 11.9 Å². The Bertz CT molecular complexity index is 682. The molecule has 0 aromatic carbocycles. The van der Waals surface area contributed by atoms with E-state index in [-0.39, 0.29) is 12.3 Å². The van der Waals surface area contributed by atoms with Crippen molar-refractivity contribution < 1.29 is 9.53 Å². The van der Waals surface area contributed by atoms with Crippen molar-refractivity contribution >= 4 is 29.6 Å². The number of ether oxygens (including phenoxy) is 1. The predicted molar refractivity (Wildman–Crippen MR) is 79.0 cm³/mol. The SMILES string of the molecule is CCOC(=O)c1nnc2nc(SC)nn2c1/C=C/N(C)C. The third-order valence-electron chi connectivity index (χ3n) is 2.46. The molecule has 0 aliphatic heterocycles. The Morgan fingerprint density at radius 2 is 2.19 bits per heavy atom. The van der Waals surface area contributed by atoms with Gasteiger partial charge in [-0.2, -0.15) is 9.50 Å². The van der Waals surface area contributed by atoms with Crippen LogP contribution in [0.4, 0.5) is 0 Å². The second kappa shape index (κ2) is 6.53. The number of hydrogen-bond acceptors (Lipinski definition) is 8. The smallest absolute Gasteiger partial charge is 0.361 e. The molecule has 0 atom stereocenters. The van der Waals surface area contributed by atoms with E-state index in [0.717, 1.165) is 0 Å². The summed E-state index contributed by atoms with van der Waals surface area (Å²) in [7, 11) is 3.75. The summed E-state index contributed by atoms with van der Waals surface area (Å²) in [5, 5.41) is 12.7. The van der Waals surface area contributed by atoms with Crippen LogP contribution in [0.5, 0.6) is 0 Å². The molecule has 2 heterocycles. The first-order chi connectivity index (χ1) is 10.1. The molecule has 0 amide bonds. The van der Waals surface area contributed by atoms with E-state index < -0.39 is 5.97 Å². The van der Waals surface area contributed by atoms with Gasteiger partial charge in [-0.15, -0.1) is 15.3 Å². The van der Waals surface area contributed by atoms with Gasteiger partial charge in [-0.1, -0.05) is 11.8 Å². The number of carbonyl (C=O) groups is 1. The van der Waals surface area contributed by atoms with Crippen molar-refractivity contribution in [2.24, 2.45) is 0 Å². The predicted octanol–water partition coefficient (Wildman–Crippen LogP) is 0.950. The molecule has 2 aromatic rings. The molecule has 0 unspecified atom stereocenters. The minimum absolute atomic E-state index is 0.111. The molecule has 2 rings (SSSR count). The van der Waals surface area contributed by atoms with Gasteiger partial charge in [-0.3, -0.25) is 0 Å². The molecular weight excluding hydrogens is 292 g/mol. The summed E-state index contributed by atoms with van der Waals surface area (Å²) in [6.45, 7) is 2.00. The van der Waals surface area contributed by atoms with Gasteiger partial charge in [0, 0.05) is 20.3 Å². The van der Waals surface area contributed by atoms with Crippen molar-refractivity contribution in [1.82, 2.24) is 29.7 Å². The average Bonchev–Trinajstić information content (AvgIpc) is 2.87. The second-order valence-corrected chi connectivity index (χ2v) is 5.02. The van der Waals surface area contributed by atoms with Crippen LogP contribution in [-0.2, 0) is 4.74 Å². The lowest BCUT2D eigenvalue weighted by Gasteiger charge is -2.07. The number of carbonyl (C=O) groups excluding carboxylic acids is 1. The highest BCUT2D eigenvalue weighted by atomic mass is 32.2. The maximum absolute atomic E-state index is 12.0. The zero-order valence-corrected chi connectivity index (χ0v) is 13.1. The van der Waals surface area contributed by atoms with Gasteiger partial charge >= 0.3 is 5.97 Å². The van der Waals surface area contributed by atoms with Crippen LogP contribution < -0.4 is 0 Å². The first kappa shape index (κ1) is 15.2. The van der Waals surface area contributed by atoms with Gasteiger partial charge < -0.3 is 9.64 Å². The lowest BCUT2D eigenvalue weighted by Crippen LogP contribution is -2.14. The summed E-state index contributed by atoms with van der Waals surface area (Å²) in [6, 6.07) is 0. The van der Waals surface area contributed by atoms with Gasteiger partial charge in [0.25, 0.3) is 5.78 Å². The van der Waals surface area contributed by atoms with Gasteiger partial charge in [0.2, 0.25) is 5.16 Å². The van der Waals surface area contributed by atoms with Crippen molar-refractivity contribution in [2.75, 3.05) is 27.0 Å². The standard InChI is InChI=1S/C12H16N6O2S/c1-5-20-10(19)9-8(6-7-17(2)3)18-11(15-14-9)13-12(16-18)21-4/h6-7H,5H2,1-4H3/b7-6+. The minimum Gasteiger partial charge on any atom is -0.461 e. The maximum Gasteiger partial charge on any atom is 0.361 e. The summed E-state index contributed by atoms with van der Waals surface area (Å²) in [4.78, 5) is 18.0. The lowest BCUT2D eigenvalue weighted by molar-refractivity contribution is 0.0517. The van der Waals surface area contributed by atoms with E-state index in [2.05, 4.69) is 20.3 Å². The molecule has 9 heteroatoms. The zero-order valence-electron chi connectivity index (χ0n) is 12.3. The first-order valence-corrected chi connectivity index (χ1v) is 7.48. The molecule has 0 bridgehead atoms. The Kier molecular flexibility index (Phi) is 4.73. The molecular formula is C12H16N6O2S. The molecule has 0 aliphatic rings. The number of aromatic nitrogens is 5. The van der Waals surface area contributed by atoms with Gasteiger partial charge in [-0.25, -0.2) is 4.79 Å². The summed E-state index contributed by atoms with van der Waals surface area (Å²) < 4.78 is 6.49. The topological polar surface area (TPSA) is 85.5 Å². The maximum atomic E-state index is 12.0. The molecule has 2 aromatic heterocycles. The first-order valence-electron chi connectivity index (χ1n) is 6.26. The Balaban J connectivity index is 2.61. The van der Waals surface area contributed by atoms with Gasteiger partial charge in [-0.05, 0) is 19.3 Å². The van der Waals surface area contributed by atoms with Crippen LogP contribution in [0.15, 0.2) is 11.4 Å². The number of fused-ring (bicyclic) bond motifs is 1. The normalized spacial score (nSPS) is 11.2. The van der Waals surface area contributed by atoms with E-state index in [9.17, 15) is 4.79 Å². The number of nitrogens with zero attached hydrogens (tertiary/aromatic N) is 6. The van der Waals surface area contributed by atoms with E-state index in [4.69, 9.17) is 4.74 Å². The van der Waals surface area contributed by atoms with Crippen molar-refractivity contribution in [3.63, 3.8) is 0 Å². The molecule has 0 fully saturated rings. The third-order valence-corrected chi connectivity index (χ3v) is 3.00. The Morgan fingerprint density at radius 1 is 1.43 bits per heavy atom. The summed E-state index contributed by atoms with van der Waals surface area (Å²) in [6.07, 6.45) is 5.39. The number of hydrogen-bond donors (Lipinski definition) is 0. The average molecular weight is 308 g/mol. The van der Waals surface area contributed by atoms with Crippen molar-refractivity contribution in [3.8, 4) is 0 Å². The van der Waals surface area contributed by atoms with Crippen LogP contribution in [0, 0.1) is 0 Å². The zero-order chi connectivity index (χ0) is 15.4. The van der Waals surface area contributed by atoms with Crippen molar-refractivity contribution in [1.29, 1.82) is 0 Å². The molecule has 112 valence electrons. The molecule has 0 radical (unpaired) electrons. The fraction of sp³-hybridized carbons (Fsp3) is 0.417. The number of esters is 1. The van der Waals surface area contributed by atoms with Crippen LogP contribution >= 0.6 is 11.8 Å². The number of thioether (sulfide) groups is 1. The van der Waals surface area contributed by atoms with Crippen molar-refractivity contribution in [2.45, 2.75) is 12.1 Å². The Morgan fingerprint density at radius 3 is 2.81 bits per heavy atom. The van der Waals surface area contributed by atoms with Crippen LogP contribution in [0.1, 0.15) is 23.1 Å². The fourth-order valence-corrected chi connectivity index (χ4v) is 1.89. The number of rotatable bonds is 5. The van der Waals surface area contributed by atoms with E-state index in [0.29, 0.717) is 16.6 Å². The molecule has 0 spiro atoms. The summed E-state index contributed by atoms with van der Waals surface area (Å²) in [5.41, 5.74) is 0.597. The van der Waals surface area contributed by atoms with Gasteiger partial charge in [0.05, 0.1) is 6.61 Å². The van der Waals surface area contributed by atoms with Crippen LogP contribution in [0.2, 0.25) is 0 Å². The second-order valence-electron chi connectivity index (χ2n) is 4.24. The lowest BCUT2D eigenvalue weighted by atomic mass is 10.3. The molecule has 0 aliphatic carbocycles. The quantitative estimate of drug-likeness (QED) is 0.596. The van der Waals surface area contributed by atoms with Crippen LogP contribution in [-0.4, -0.2) is 62.6 Å². The molecule has 8 nitrogen and oxygen atoms in total. The highest BCUT2D eigenvalue weighted by Crippen LogP contribution is 2.15. The largest absolute Gasteiger partial charge is 0.461 e. The van der Waals surface area contributed by atoms with E-state index in [1.165, 1.54) is 16.3 Å². The third kappa shape index (κ3) is 3.30. The molecule has 21 heavy (non-hydrogen) atoms. The molecule has 0 saturated carbocycles. The highest BCUT2D eigenvalue weighted by Gasteiger charge is 2.19. The van der Waals surface area contributed by atoms with Crippen molar-refractivity contribution in [3.05, 3.63) is 17.6 Å². The van der Waals surface area contributed by atoms with Crippen LogP contribution in [0.3, 0.4) is 0 Å². The van der Waals surface area contributed by atoms with Gasteiger partial charge in [0.15, 0.2) is 5.69 Å². The molecule has 0 saturated heterocycles. The summed E-state index contributed by atoms with van der Waals surface area (Å²) in [5.74, 6) is -0.197. The Hall–Kier alpha value is -2.16. The fourth-order valence-electron chi connectivity index (χ4n) is 1.56. The van der Waals surface area contributed by atoms with E-state index in [1.54, 1.807) is 19.2 Å². The highest BCUT2D eigenvalue weighted by molar-refractivity contribution is 7.98.